The Bertz CT molecular complexity index is 737. The Kier molecular flexibility index (Phi) is 6.09. The zero-order valence-corrected chi connectivity index (χ0v) is 21.2. The van der Waals surface area contributed by atoms with Gasteiger partial charge in [0.05, 0.1) is 12.2 Å². The van der Waals surface area contributed by atoms with Crippen molar-refractivity contribution < 1.29 is 10.2 Å². The third kappa shape index (κ3) is 3.41. The fraction of sp³-hybridized carbons (Fsp3) is 0.862. The van der Waals surface area contributed by atoms with E-state index in [0.717, 1.165) is 32.1 Å². The fourth-order valence-electron chi connectivity index (χ4n) is 8.56. The van der Waals surface area contributed by atoms with Crippen LogP contribution in [-0.4, -0.2) is 22.4 Å². The number of rotatable bonds is 4. The number of allylic oxidation sites excluding steroid dienone is 3. The van der Waals surface area contributed by atoms with E-state index in [4.69, 9.17) is 0 Å². The van der Waals surface area contributed by atoms with E-state index in [1.54, 1.807) is 5.57 Å². The zero-order chi connectivity index (χ0) is 22.8. The first kappa shape index (κ1) is 23.6. The molecule has 0 amide bonds. The van der Waals surface area contributed by atoms with Crippen LogP contribution >= 0.6 is 0 Å². The molecule has 0 aromatic heterocycles. The maximum Gasteiger partial charge on any atom is 0.0641 e. The van der Waals surface area contributed by atoms with Gasteiger partial charge in [0.1, 0.15) is 0 Å². The molecule has 2 heteroatoms. The van der Waals surface area contributed by atoms with Crippen molar-refractivity contribution >= 4 is 0 Å². The number of fused-ring (bicyclic) bond motifs is 5. The summed E-state index contributed by atoms with van der Waals surface area (Å²) in [4.78, 5) is 0. The lowest BCUT2D eigenvalue weighted by molar-refractivity contribution is -0.151. The summed E-state index contributed by atoms with van der Waals surface area (Å²) in [5.41, 5.74) is 1.74. The van der Waals surface area contributed by atoms with Gasteiger partial charge in [-0.05, 0) is 91.3 Å². The van der Waals surface area contributed by atoms with Crippen molar-refractivity contribution in [1.29, 1.82) is 0 Å². The van der Waals surface area contributed by atoms with E-state index in [-0.39, 0.29) is 28.5 Å². The second kappa shape index (κ2) is 8.01. The van der Waals surface area contributed by atoms with E-state index < -0.39 is 0 Å². The molecule has 4 rings (SSSR count). The predicted octanol–water partition coefficient (Wildman–Crippen LogP) is 6.77. The highest BCUT2D eigenvalue weighted by Gasteiger charge is 2.66. The van der Waals surface area contributed by atoms with Gasteiger partial charge in [-0.25, -0.2) is 0 Å². The van der Waals surface area contributed by atoms with Crippen LogP contribution < -0.4 is 0 Å². The lowest BCUT2D eigenvalue weighted by Crippen LogP contribution is -2.61. The summed E-state index contributed by atoms with van der Waals surface area (Å²) in [6, 6.07) is 0. The van der Waals surface area contributed by atoms with E-state index in [9.17, 15) is 10.2 Å². The van der Waals surface area contributed by atoms with E-state index in [0.29, 0.717) is 35.5 Å². The molecule has 0 unspecified atom stereocenters. The average Bonchev–Trinajstić information content (AvgIpc) is 3.04. The molecule has 176 valence electrons. The molecule has 3 fully saturated rings. The van der Waals surface area contributed by atoms with Gasteiger partial charge in [-0.15, -0.1) is 0 Å². The van der Waals surface area contributed by atoms with Gasteiger partial charge in [-0.3, -0.25) is 0 Å². The number of hydrogen-bond donors (Lipinski definition) is 2. The summed E-state index contributed by atoms with van der Waals surface area (Å²) in [5, 5.41) is 22.1. The maximum atomic E-state index is 11.8. The monoisotopic (exact) mass is 428 g/mol. The number of hydrogen-bond acceptors (Lipinski definition) is 2. The molecule has 2 N–H and O–H groups in total. The zero-order valence-electron chi connectivity index (χ0n) is 21.2. The van der Waals surface area contributed by atoms with Crippen molar-refractivity contribution in [3.05, 3.63) is 23.8 Å². The molecular weight excluding hydrogens is 380 g/mol. The van der Waals surface area contributed by atoms with Crippen LogP contribution in [0.3, 0.4) is 0 Å². The van der Waals surface area contributed by atoms with Gasteiger partial charge in [0.25, 0.3) is 0 Å². The van der Waals surface area contributed by atoms with Gasteiger partial charge in [0, 0.05) is 5.41 Å². The summed E-state index contributed by atoms with van der Waals surface area (Å²) in [6.45, 7) is 16.7. The van der Waals surface area contributed by atoms with Gasteiger partial charge >= 0.3 is 0 Å². The first-order valence-corrected chi connectivity index (χ1v) is 13.2. The minimum Gasteiger partial charge on any atom is -0.393 e. The van der Waals surface area contributed by atoms with E-state index >= 15 is 0 Å². The minimum atomic E-state index is -0.283. The largest absolute Gasteiger partial charge is 0.393 e. The van der Waals surface area contributed by atoms with Crippen molar-refractivity contribution in [3.8, 4) is 0 Å². The Morgan fingerprint density at radius 1 is 1.00 bits per heavy atom. The van der Waals surface area contributed by atoms with Crippen molar-refractivity contribution in [2.24, 2.45) is 51.8 Å². The predicted molar refractivity (Wildman–Crippen MR) is 130 cm³/mol. The van der Waals surface area contributed by atoms with Crippen LogP contribution in [0.2, 0.25) is 0 Å². The summed E-state index contributed by atoms with van der Waals surface area (Å²) in [6.07, 6.45) is 14.4. The molecule has 0 spiro atoms. The van der Waals surface area contributed by atoms with Gasteiger partial charge in [-0.2, -0.15) is 0 Å². The molecule has 0 heterocycles. The molecule has 0 bridgehead atoms. The molecule has 0 aliphatic heterocycles. The van der Waals surface area contributed by atoms with Crippen molar-refractivity contribution in [3.63, 3.8) is 0 Å². The normalized spacial score (nSPS) is 49.4. The molecule has 31 heavy (non-hydrogen) atoms. The second-order valence-electron chi connectivity index (χ2n) is 12.9. The van der Waals surface area contributed by atoms with Gasteiger partial charge < -0.3 is 10.2 Å². The molecular formula is C29H48O2. The average molecular weight is 429 g/mol. The third-order valence-electron chi connectivity index (χ3n) is 11.4. The molecule has 3 saturated carbocycles. The topological polar surface area (TPSA) is 40.5 Å². The van der Waals surface area contributed by atoms with Crippen molar-refractivity contribution in [2.75, 3.05) is 0 Å². The van der Waals surface area contributed by atoms with Crippen LogP contribution in [0.5, 0.6) is 0 Å². The van der Waals surface area contributed by atoms with Gasteiger partial charge in [-0.1, -0.05) is 72.3 Å². The quantitative estimate of drug-likeness (QED) is 0.485. The van der Waals surface area contributed by atoms with Gasteiger partial charge in [0.2, 0.25) is 0 Å². The van der Waals surface area contributed by atoms with Crippen LogP contribution in [0.4, 0.5) is 0 Å². The molecule has 10 atom stereocenters. The first-order chi connectivity index (χ1) is 14.4. The Morgan fingerprint density at radius 3 is 2.39 bits per heavy atom. The number of aliphatic hydroxyl groups is 2. The molecule has 0 aromatic carbocycles. The maximum absolute atomic E-state index is 11.8. The van der Waals surface area contributed by atoms with E-state index in [2.05, 4.69) is 66.7 Å². The minimum absolute atomic E-state index is 0.105. The van der Waals surface area contributed by atoms with Crippen molar-refractivity contribution in [1.82, 2.24) is 0 Å². The fourth-order valence-corrected chi connectivity index (χ4v) is 8.56. The Labute approximate surface area is 191 Å². The lowest BCUT2D eigenvalue weighted by atomic mass is 9.40. The van der Waals surface area contributed by atoms with Gasteiger partial charge in [0.15, 0.2) is 0 Å². The summed E-state index contributed by atoms with van der Waals surface area (Å²) >= 11 is 0. The summed E-state index contributed by atoms with van der Waals surface area (Å²) < 4.78 is 0. The molecule has 0 aromatic rings. The van der Waals surface area contributed by atoms with Crippen LogP contribution in [-0.2, 0) is 0 Å². The molecule has 0 radical (unpaired) electrons. The lowest BCUT2D eigenvalue weighted by Gasteiger charge is -2.65. The van der Waals surface area contributed by atoms with E-state index in [1.165, 1.54) is 12.8 Å². The summed E-state index contributed by atoms with van der Waals surface area (Å²) in [5.74, 6) is 3.61. The Balaban J connectivity index is 1.64. The number of aliphatic hydroxyl groups excluding tert-OH is 2. The van der Waals surface area contributed by atoms with Crippen molar-refractivity contribution in [2.45, 2.75) is 106 Å². The molecule has 0 saturated heterocycles. The van der Waals surface area contributed by atoms with Crippen LogP contribution in [0.1, 0.15) is 93.4 Å². The van der Waals surface area contributed by atoms with Crippen LogP contribution in [0.15, 0.2) is 23.8 Å². The standard InChI is InChI=1S/C29H48O2/c1-18(2)19(3)8-9-20(4)23-12-13-24-25-11-10-21-16-22(30)14-15-28(21,6)29(25,7)26(31)17-27(23,24)5/h8-9,11,18-24,26,30-31H,10,12-17H2,1-7H3/b9-8+/t19-,20+,21-,22+,23-,24+,26-,27+,28-,29+/m0/s1. The third-order valence-corrected chi connectivity index (χ3v) is 11.4. The SMILES string of the molecule is CC(C)[C@@H](C)/C=C/[C@@H](C)[C@@H]1CC[C@@H]2C3=CC[C@H]4C[C@H](O)CC[C@]4(C)[C@@]3(C)[C@@H](O)C[C@@]21C. The highest BCUT2D eigenvalue weighted by Crippen LogP contribution is 2.71. The smallest absolute Gasteiger partial charge is 0.0641 e. The highest BCUT2D eigenvalue weighted by atomic mass is 16.3. The van der Waals surface area contributed by atoms with Crippen LogP contribution in [0.25, 0.3) is 0 Å². The first-order valence-electron chi connectivity index (χ1n) is 13.2. The molecule has 4 aliphatic carbocycles. The van der Waals surface area contributed by atoms with Crippen LogP contribution in [0, 0.1) is 51.8 Å². The molecule has 4 aliphatic rings. The Morgan fingerprint density at radius 2 is 1.71 bits per heavy atom. The summed E-state index contributed by atoms with van der Waals surface area (Å²) in [7, 11) is 0. The highest BCUT2D eigenvalue weighted by molar-refractivity contribution is 5.35. The van der Waals surface area contributed by atoms with E-state index in [1.807, 2.05) is 0 Å². The molecule has 2 nitrogen and oxygen atoms in total. The second-order valence-corrected chi connectivity index (χ2v) is 12.9. The Hall–Kier alpha value is -0.600.